The van der Waals surface area contributed by atoms with Crippen molar-refractivity contribution in [2.24, 2.45) is 0 Å². The summed E-state index contributed by atoms with van der Waals surface area (Å²) in [6.45, 7) is 4.61. The summed E-state index contributed by atoms with van der Waals surface area (Å²) in [6.07, 6.45) is 1.72. The van der Waals surface area contributed by atoms with Gasteiger partial charge in [-0.25, -0.2) is 45.6 Å². The van der Waals surface area contributed by atoms with Crippen LogP contribution in [0, 0.1) is 11.6 Å². The molecule has 2 saturated heterocycles. The van der Waals surface area contributed by atoms with Crippen LogP contribution in [0.15, 0.2) is 61.2 Å². The highest BCUT2D eigenvalue weighted by atomic mass is 32.2. The van der Waals surface area contributed by atoms with Crippen LogP contribution >= 0.6 is 0 Å². The molecule has 2 aliphatic heterocycles. The lowest BCUT2D eigenvalue weighted by Crippen LogP contribution is -2.29. The van der Waals surface area contributed by atoms with Crippen molar-refractivity contribution in [2.45, 2.75) is 72.7 Å². The Labute approximate surface area is 401 Å². The van der Waals surface area contributed by atoms with E-state index in [2.05, 4.69) is 40.3 Å². The van der Waals surface area contributed by atoms with Crippen LogP contribution in [0.3, 0.4) is 0 Å². The molecule has 4 aromatic heterocycles. The molecule has 26 heteroatoms. The number of halogens is 2. The maximum atomic E-state index is 13.3. The summed E-state index contributed by atoms with van der Waals surface area (Å²) in [4.78, 5) is 14.8. The van der Waals surface area contributed by atoms with Crippen molar-refractivity contribution >= 4 is 19.7 Å². The topological polar surface area (TPSA) is 277 Å². The van der Waals surface area contributed by atoms with Crippen LogP contribution in [0.25, 0.3) is 11.4 Å². The fourth-order valence-corrected chi connectivity index (χ4v) is 10.5. The summed E-state index contributed by atoms with van der Waals surface area (Å²) in [5.41, 5.74) is 0.925. The SMILES string of the molecule is COc1cccc(OC)c1-n1c(CS(=O)(=O)[C@@H](C)[C@H](O)c2ncc(F)cn2)nnc1[C@@H]1CCOC1.COc1cccc(OC)c1-n1c(CS(=O)(=O)[C@@H](C)[C@H](O)c2ncc(F)cn2)nnc1[C@H]1CCOC1. The Kier molecular flexibility index (Phi) is 16.3. The number of rotatable bonds is 18. The second-order valence-corrected chi connectivity index (χ2v) is 20.9. The van der Waals surface area contributed by atoms with E-state index in [0.29, 0.717) is 85.3 Å². The maximum absolute atomic E-state index is 13.3. The molecule has 0 unspecified atom stereocenters. The number of hydrogen-bond donors (Lipinski definition) is 2. The molecule has 22 nitrogen and oxygen atoms in total. The van der Waals surface area contributed by atoms with E-state index >= 15 is 0 Å². The van der Waals surface area contributed by atoms with Crippen LogP contribution in [0.2, 0.25) is 0 Å². The highest BCUT2D eigenvalue weighted by Gasteiger charge is 2.37. The maximum Gasteiger partial charge on any atom is 0.163 e. The molecule has 2 aliphatic rings. The Morgan fingerprint density at radius 1 is 0.600 bits per heavy atom. The van der Waals surface area contributed by atoms with Gasteiger partial charge in [0.15, 0.2) is 54.6 Å². The van der Waals surface area contributed by atoms with E-state index in [1.807, 2.05) is 0 Å². The first-order chi connectivity index (χ1) is 33.5. The van der Waals surface area contributed by atoms with Gasteiger partial charge in [-0.1, -0.05) is 12.1 Å². The lowest BCUT2D eigenvalue weighted by Gasteiger charge is -2.20. The molecule has 6 heterocycles. The summed E-state index contributed by atoms with van der Waals surface area (Å²) in [7, 11) is -2.03. The predicted octanol–water partition coefficient (Wildman–Crippen LogP) is 3.51. The molecule has 6 aromatic rings. The van der Waals surface area contributed by atoms with Crippen LogP contribution in [0.5, 0.6) is 23.0 Å². The van der Waals surface area contributed by atoms with Gasteiger partial charge in [0.05, 0.1) is 76.9 Å². The van der Waals surface area contributed by atoms with Crippen molar-refractivity contribution in [3.05, 3.63) is 108 Å². The number of ether oxygens (including phenoxy) is 6. The molecule has 70 heavy (non-hydrogen) atoms. The van der Waals surface area contributed by atoms with Gasteiger partial charge in [-0.2, -0.15) is 0 Å². The molecule has 0 spiro atoms. The van der Waals surface area contributed by atoms with Crippen LogP contribution in [0.1, 0.15) is 85.7 Å². The molecule has 6 atom stereocenters. The van der Waals surface area contributed by atoms with Gasteiger partial charge in [-0.05, 0) is 51.0 Å². The third-order valence-electron chi connectivity index (χ3n) is 11.8. The first-order valence-corrected chi connectivity index (χ1v) is 25.2. The van der Waals surface area contributed by atoms with Gasteiger partial charge in [0, 0.05) is 25.0 Å². The number of aliphatic hydroxyl groups excluding tert-OH is 2. The average molecular weight is 1020 g/mol. The fourth-order valence-electron chi connectivity index (χ4n) is 7.83. The third-order valence-corrected chi connectivity index (χ3v) is 15.9. The van der Waals surface area contributed by atoms with Crippen LogP contribution in [-0.2, 0) is 40.7 Å². The minimum atomic E-state index is -4.01. The summed E-state index contributed by atoms with van der Waals surface area (Å²) in [6, 6.07) is 10.4. The van der Waals surface area contributed by atoms with Gasteiger partial charge in [-0.15, -0.1) is 20.4 Å². The van der Waals surface area contributed by atoms with E-state index in [1.54, 1.807) is 45.5 Å². The summed E-state index contributed by atoms with van der Waals surface area (Å²) >= 11 is 0. The first kappa shape index (κ1) is 51.5. The van der Waals surface area contributed by atoms with Gasteiger partial charge in [0.25, 0.3) is 0 Å². The first-order valence-electron chi connectivity index (χ1n) is 21.7. The molecule has 2 N–H and O–H groups in total. The molecule has 2 fully saturated rings. The summed E-state index contributed by atoms with van der Waals surface area (Å²) in [5.74, 6) is -0.0524. The Morgan fingerprint density at radius 3 is 1.21 bits per heavy atom. The quantitative estimate of drug-likeness (QED) is 0.125. The molecule has 0 radical (unpaired) electrons. The molecular weight excluding hydrogens is 963 g/mol. The second-order valence-electron chi connectivity index (χ2n) is 16.2. The van der Waals surface area contributed by atoms with Crippen molar-refractivity contribution in [1.82, 2.24) is 49.5 Å². The van der Waals surface area contributed by atoms with Crippen molar-refractivity contribution in [2.75, 3.05) is 54.9 Å². The molecule has 0 amide bonds. The number of nitrogens with zero attached hydrogens (tertiary/aromatic N) is 10. The van der Waals surface area contributed by atoms with Gasteiger partial charge in [0.1, 0.15) is 69.7 Å². The Bertz CT molecular complexity index is 2710. The lowest BCUT2D eigenvalue weighted by molar-refractivity contribution is 0.165. The summed E-state index contributed by atoms with van der Waals surface area (Å²) in [5, 5.41) is 35.6. The van der Waals surface area contributed by atoms with Gasteiger partial charge in [-0.3, -0.25) is 9.13 Å². The standard InChI is InChI=1S/2C22H26FN5O6S/c2*1-13(20(29)21-24-9-15(23)10-25-21)35(30,31)12-18-26-27-22(14-7-8-34-11-14)28(18)19-16(32-2)5-4-6-17(19)33-3/h2*4-6,9-10,13-14,20,29H,7-8,11-12H2,1-3H3/t13-,14+,20-;13-,14-,20-/m00/s1. The normalized spacial score (nSPS) is 17.8. The molecule has 2 aromatic carbocycles. The summed E-state index contributed by atoms with van der Waals surface area (Å²) < 4.78 is 116. The van der Waals surface area contributed by atoms with Crippen LogP contribution in [-0.4, -0.2) is 142 Å². The number of benzene rings is 2. The molecule has 376 valence electrons. The van der Waals surface area contributed by atoms with Gasteiger partial charge < -0.3 is 38.6 Å². The number of aliphatic hydroxyl groups is 2. The second kappa shape index (κ2) is 22.2. The lowest BCUT2D eigenvalue weighted by atomic mass is 10.1. The van der Waals surface area contributed by atoms with E-state index in [9.17, 15) is 35.8 Å². The molecule has 0 saturated carbocycles. The van der Waals surface area contributed by atoms with Crippen molar-refractivity contribution in [1.29, 1.82) is 0 Å². The minimum absolute atomic E-state index is 0.107. The zero-order valence-corrected chi connectivity index (χ0v) is 40.5. The highest BCUT2D eigenvalue weighted by Crippen LogP contribution is 2.39. The van der Waals surface area contributed by atoms with Gasteiger partial charge in [0.2, 0.25) is 0 Å². The Morgan fingerprint density at radius 2 is 0.929 bits per heavy atom. The van der Waals surface area contributed by atoms with Crippen molar-refractivity contribution in [3.8, 4) is 34.4 Å². The largest absolute Gasteiger partial charge is 0.494 e. The molecule has 8 rings (SSSR count). The highest BCUT2D eigenvalue weighted by molar-refractivity contribution is 7.91. The number of para-hydroxylation sites is 2. The predicted molar refractivity (Wildman–Crippen MR) is 243 cm³/mol. The zero-order valence-electron chi connectivity index (χ0n) is 38.9. The monoisotopic (exact) mass is 1010 g/mol. The van der Waals surface area contributed by atoms with E-state index < -0.39 is 65.5 Å². The van der Waals surface area contributed by atoms with E-state index in [4.69, 9.17) is 28.4 Å². The van der Waals surface area contributed by atoms with Gasteiger partial charge >= 0.3 is 0 Å². The van der Waals surface area contributed by atoms with Crippen LogP contribution in [0.4, 0.5) is 8.78 Å². The smallest absolute Gasteiger partial charge is 0.163 e. The van der Waals surface area contributed by atoms with Crippen molar-refractivity contribution < 1.29 is 64.3 Å². The fraction of sp³-hybridized carbons (Fsp3) is 0.455. The third kappa shape index (κ3) is 11.0. The van der Waals surface area contributed by atoms with E-state index in [0.717, 1.165) is 24.8 Å². The molecule has 0 aliphatic carbocycles. The Hall–Kier alpha value is -6.32. The molecular formula is C44H52F2N10O12S2. The average Bonchev–Trinajstić information content (AvgIpc) is 4.22. The zero-order chi connectivity index (χ0) is 50.3. The Balaban J connectivity index is 0.000000206. The molecule has 0 bridgehead atoms. The van der Waals surface area contributed by atoms with Crippen LogP contribution < -0.4 is 18.9 Å². The number of methoxy groups -OCH3 is 4. The minimum Gasteiger partial charge on any atom is -0.494 e. The number of sulfone groups is 2. The van der Waals surface area contributed by atoms with E-state index in [1.165, 1.54) is 42.3 Å². The van der Waals surface area contributed by atoms with E-state index in [-0.39, 0.29) is 35.1 Å². The number of hydrogen-bond acceptors (Lipinski definition) is 20. The number of aromatic nitrogens is 10. The van der Waals surface area contributed by atoms with Crippen molar-refractivity contribution in [3.63, 3.8) is 0 Å².